The molecule has 17 heavy (non-hydrogen) atoms. The summed E-state index contributed by atoms with van der Waals surface area (Å²) < 4.78 is 0. The summed E-state index contributed by atoms with van der Waals surface area (Å²) in [7, 11) is 0. The monoisotopic (exact) mass is 253 g/mol. The van der Waals surface area contributed by atoms with Crippen LogP contribution in [0.25, 0.3) is 0 Å². The number of aryl methyl sites for hydroxylation is 1. The first kappa shape index (κ1) is 12.2. The van der Waals surface area contributed by atoms with Crippen molar-refractivity contribution in [2.24, 2.45) is 5.41 Å². The average molecular weight is 254 g/mol. The SMILES string of the molecule is Cc1cc(C(=O)NCC2(CCl)CC2)ccc1O. The highest BCUT2D eigenvalue weighted by molar-refractivity contribution is 6.18. The molecule has 3 nitrogen and oxygen atoms in total. The van der Waals surface area contributed by atoms with E-state index in [1.165, 1.54) is 0 Å². The molecule has 1 fully saturated rings. The van der Waals surface area contributed by atoms with Crippen LogP contribution < -0.4 is 5.32 Å². The Balaban J connectivity index is 1.97. The molecule has 4 heteroatoms. The minimum atomic E-state index is -0.107. The average Bonchev–Trinajstić information content (AvgIpc) is 3.10. The highest BCUT2D eigenvalue weighted by Crippen LogP contribution is 2.45. The molecular weight excluding hydrogens is 238 g/mol. The molecule has 0 aliphatic heterocycles. The van der Waals surface area contributed by atoms with Gasteiger partial charge in [-0.2, -0.15) is 0 Å². The summed E-state index contributed by atoms with van der Waals surface area (Å²) in [6, 6.07) is 4.85. The molecule has 0 bridgehead atoms. The number of nitrogens with one attached hydrogen (secondary N) is 1. The van der Waals surface area contributed by atoms with Gasteiger partial charge in [-0.25, -0.2) is 0 Å². The fourth-order valence-electron chi connectivity index (χ4n) is 1.70. The van der Waals surface area contributed by atoms with Gasteiger partial charge in [-0.05, 0) is 43.5 Å². The number of carbonyl (C=O) groups is 1. The van der Waals surface area contributed by atoms with Gasteiger partial charge in [0.1, 0.15) is 5.75 Å². The molecule has 1 saturated carbocycles. The van der Waals surface area contributed by atoms with Crippen LogP contribution in [0.2, 0.25) is 0 Å². The van der Waals surface area contributed by atoms with Gasteiger partial charge in [0.05, 0.1) is 0 Å². The maximum atomic E-state index is 11.9. The Morgan fingerprint density at radius 2 is 2.24 bits per heavy atom. The minimum Gasteiger partial charge on any atom is -0.508 e. The number of alkyl halides is 1. The van der Waals surface area contributed by atoms with E-state index in [-0.39, 0.29) is 17.1 Å². The lowest BCUT2D eigenvalue weighted by molar-refractivity contribution is 0.0946. The summed E-state index contributed by atoms with van der Waals surface area (Å²) in [6.07, 6.45) is 2.18. The van der Waals surface area contributed by atoms with E-state index in [1.807, 2.05) is 0 Å². The van der Waals surface area contributed by atoms with Crippen LogP contribution >= 0.6 is 11.6 Å². The smallest absolute Gasteiger partial charge is 0.251 e. The van der Waals surface area contributed by atoms with Crippen LogP contribution in [0.4, 0.5) is 0 Å². The molecule has 1 aliphatic rings. The Labute approximate surface area is 106 Å². The van der Waals surface area contributed by atoms with Gasteiger partial charge in [-0.1, -0.05) is 0 Å². The van der Waals surface area contributed by atoms with Crippen LogP contribution in [0.3, 0.4) is 0 Å². The van der Waals surface area contributed by atoms with Gasteiger partial charge in [0.15, 0.2) is 0 Å². The van der Waals surface area contributed by atoms with Gasteiger partial charge in [-0.3, -0.25) is 4.79 Å². The standard InChI is InChI=1S/C13H16ClNO2/c1-9-6-10(2-3-11(9)16)12(17)15-8-13(7-14)4-5-13/h2-3,6,16H,4-5,7-8H2,1H3,(H,15,17). The number of hydrogen-bond acceptors (Lipinski definition) is 2. The summed E-state index contributed by atoms with van der Waals surface area (Å²) in [6.45, 7) is 2.41. The molecule has 0 atom stereocenters. The molecular formula is C13H16ClNO2. The molecule has 1 aromatic rings. The molecule has 1 amide bonds. The quantitative estimate of drug-likeness (QED) is 0.810. The first-order valence-electron chi connectivity index (χ1n) is 5.70. The van der Waals surface area contributed by atoms with E-state index in [0.717, 1.165) is 12.8 Å². The summed E-state index contributed by atoms with van der Waals surface area (Å²) >= 11 is 5.85. The van der Waals surface area contributed by atoms with E-state index >= 15 is 0 Å². The zero-order chi connectivity index (χ0) is 12.5. The number of phenols is 1. The second-order valence-corrected chi connectivity index (χ2v) is 5.08. The van der Waals surface area contributed by atoms with Gasteiger partial charge in [0.25, 0.3) is 5.91 Å². The molecule has 2 N–H and O–H groups in total. The van der Waals surface area contributed by atoms with Crippen LogP contribution in [0.5, 0.6) is 5.75 Å². The molecule has 0 aromatic heterocycles. The van der Waals surface area contributed by atoms with Crippen molar-refractivity contribution in [1.82, 2.24) is 5.32 Å². The van der Waals surface area contributed by atoms with E-state index in [9.17, 15) is 9.90 Å². The summed E-state index contributed by atoms with van der Waals surface area (Å²) in [5.74, 6) is 0.701. The lowest BCUT2D eigenvalue weighted by Crippen LogP contribution is -2.31. The highest BCUT2D eigenvalue weighted by atomic mass is 35.5. The summed E-state index contributed by atoms with van der Waals surface area (Å²) in [5.41, 5.74) is 1.41. The lowest BCUT2D eigenvalue weighted by atomic mass is 10.1. The number of phenolic OH excluding ortho intramolecular Hbond substituents is 1. The molecule has 0 radical (unpaired) electrons. The number of amides is 1. The van der Waals surface area contributed by atoms with Gasteiger partial charge in [-0.15, -0.1) is 11.6 Å². The first-order chi connectivity index (χ1) is 8.06. The normalized spacial score (nSPS) is 16.6. The van der Waals surface area contributed by atoms with Crippen molar-refractivity contribution in [2.45, 2.75) is 19.8 Å². The third kappa shape index (κ3) is 2.72. The minimum absolute atomic E-state index is 0.107. The summed E-state index contributed by atoms with van der Waals surface area (Å²) in [5, 5.41) is 12.3. The van der Waals surface area contributed by atoms with E-state index < -0.39 is 0 Å². The Kier molecular flexibility index (Phi) is 3.29. The van der Waals surface area contributed by atoms with Crippen LogP contribution in [0.1, 0.15) is 28.8 Å². The number of benzene rings is 1. The third-order valence-corrected chi connectivity index (χ3v) is 3.89. The van der Waals surface area contributed by atoms with E-state index in [0.29, 0.717) is 23.6 Å². The van der Waals surface area contributed by atoms with Gasteiger partial charge < -0.3 is 10.4 Å². The van der Waals surface area contributed by atoms with E-state index in [4.69, 9.17) is 11.6 Å². The number of aromatic hydroxyl groups is 1. The number of hydrogen-bond donors (Lipinski definition) is 2. The lowest BCUT2D eigenvalue weighted by Gasteiger charge is -2.12. The van der Waals surface area contributed by atoms with Crippen molar-refractivity contribution < 1.29 is 9.90 Å². The van der Waals surface area contributed by atoms with Crippen LogP contribution in [0.15, 0.2) is 18.2 Å². The van der Waals surface area contributed by atoms with Crippen molar-refractivity contribution in [3.8, 4) is 5.75 Å². The molecule has 0 heterocycles. The molecule has 2 rings (SSSR count). The second-order valence-electron chi connectivity index (χ2n) is 4.82. The number of halogens is 1. The van der Waals surface area contributed by atoms with E-state index in [2.05, 4.69) is 5.32 Å². The highest BCUT2D eigenvalue weighted by Gasteiger charge is 2.41. The first-order valence-corrected chi connectivity index (χ1v) is 6.24. The second kappa shape index (κ2) is 4.57. The van der Waals surface area contributed by atoms with Gasteiger partial charge >= 0.3 is 0 Å². The Morgan fingerprint density at radius 1 is 1.53 bits per heavy atom. The topological polar surface area (TPSA) is 49.3 Å². The number of rotatable bonds is 4. The number of carbonyl (C=O) groups excluding carboxylic acids is 1. The van der Waals surface area contributed by atoms with Crippen LogP contribution in [0, 0.1) is 12.3 Å². The molecule has 0 saturated heterocycles. The Morgan fingerprint density at radius 3 is 2.76 bits per heavy atom. The molecule has 1 aliphatic carbocycles. The van der Waals surface area contributed by atoms with Crippen molar-refractivity contribution in [1.29, 1.82) is 0 Å². The fourth-order valence-corrected chi connectivity index (χ4v) is 2.06. The maximum absolute atomic E-state index is 11.9. The van der Waals surface area contributed by atoms with Crippen LogP contribution in [-0.2, 0) is 0 Å². The zero-order valence-corrected chi connectivity index (χ0v) is 10.5. The van der Waals surface area contributed by atoms with Crippen molar-refractivity contribution in [3.05, 3.63) is 29.3 Å². The van der Waals surface area contributed by atoms with Gasteiger partial charge in [0.2, 0.25) is 0 Å². The molecule has 0 spiro atoms. The molecule has 92 valence electrons. The molecule has 0 unspecified atom stereocenters. The fraction of sp³-hybridized carbons (Fsp3) is 0.462. The van der Waals surface area contributed by atoms with Crippen molar-refractivity contribution >= 4 is 17.5 Å². The zero-order valence-electron chi connectivity index (χ0n) is 9.79. The largest absolute Gasteiger partial charge is 0.508 e. The Hall–Kier alpha value is -1.22. The van der Waals surface area contributed by atoms with Crippen molar-refractivity contribution in [3.63, 3.8) is 0 Å². The maximum Gasteiger partial charge on any atom is 0.251 e. The van der Waals surface area contributed by atoms with E-state index in [1.54, 1.807) is 25.1 Å². The molecule has 1 aromatic carbocycles. The van der Waals surface area contributed by atoms with Gasteiger partial charge in [0, 0.05) is 23.4 Å². The predicted octanol–water partition coefficient (Wildman–Crippen LogP) is 2.45. The third-order valence-electron chi connectivity index (χ3n) is 3.32. The van der Waals surface area contributed by atoms with Crippen molar-refractivity contribution in [2.75, 3.05) is 12.4 Å². The Bertz CT molecular complexity index is 441. The summed E-state index contributed by atoms with van der Waals surface area (Å²) in [4.78, 5) is 11.9. The van der Waals surface area contributed by atoms with Crippen LogP contribution in [-0.4, -0.2) is 23.4 Å². The predicted molar refractivity (Wildman–Crippen MR) is 67.6 cm³/mol.